The molecule has 0 radical (unpaired) electrons. The van der Waals surface area contributed by atoms with E-state index in [-0.39, 0.29) is 0 Å². The molecule has 0 N–H and O–H groups in total. The Kier molecular flexibility index (Phi) is 4.49. The van der Waals surface area contributed by atoms with E-state index in [9.17, 15) is 0 Å². The Morgan fingerprint density at radius 2 is 1.97 bits per heavy atom. The minimum Gasteiger partial charge on any atom is -0.343 e. The maximum Gasteiger partial charge on any atom is 0.0995 e. The van der Waals surface area contributed by atoms with E-state index in [0.717, 1.165) is 28.4 Å². The molecule has 0 atom stereocenters. The highest BCUT2D eigenvalue weighted by atomic mass is 15.0. The topological polar surface area (TPSA) is 43.1 Å². The van der Waals surface area contributed by atoms with Crippen LogP contribution in [0.1, 0.15) is 16.8 Å². The van der Waals surface area contributed by atoms with E-state index in [2.05, 4.69) is 75.0 Å². The van der Waals surface area contributed by atoms with Crippen molar-refractivity contribution < 1.29 is 0 Å². The Morgan fingerprint density at radius 3 is 2.87 bits per heavy atom. The van der Waals surface area contributed by atoms with Crippen LogP contribution in [-0.2, 0) is 13.5 Å². The molecule has 0 aliphatic heterocycles. The first kappa shape index (κ1) is 18.1. The van der Waals surface area contributed by atoms with Crippen LogP contribution >= 0.6 is 0 Å². The summed E-state index contributed by atoms with van der Waals surface area (Å²) in [4.78, 5) is 13.4. The molecule has 30 heavy (non-hydrogen) atoms. The first-order valence-corrected chi connectivity index (χ1v) is 9.86. The van der Waals surface area contributed by atoms with Crippen LogP contribution in [0.5, 0.6) is 0 Å². The molecule has 4 nitrogen and oxygen atoms in total. The number of aryl methyl sites for hydroxylation is 1. The second-order valence-corrected chi connectivity index (χ2v) is 7.41. The maximum atomic E-state index is 5.29. The van der Waals surface area contributed by atoms with Crippen molar-refractivity contribution in [1.29, 1.82) is 0 Å². The molecule has 0 saturated heterocycles. The highest BCUT2D eigenvalue weighted by molar-refractivity contribution is 6.05. The normalized spacial score (nSPS) is 11.6. The molecule has 4 heteroatoms. The fourth-order valence-corrected chi connectivity index (χ4v) is 4.03. The van der Waals surface area contributed by atoms with E-state index in [1.807, 2.05) is 30.9 Å². The van der Waals surface area contributed by atoms with Crippen molar-refractivity contribution in [2.75, 3.05) is 6.54 Å². The number of hydrogen-bond acceptors (Lipinski definition) is 3. The van der Waals surface area contributed by atoms with E-state index in [1.54, 1.807) is 0 Å². The molecule has 0 aliphatic carbocycles. The minimum absolute atomic E-state index is 0.393. The van der Waals surface area contributed by atoms with Gasteiger partial charge in [0, 0.05) is 53.5 Å². The van der Waals surface area contributed by atoms with Crippen LogP contribution in [0.4, 0.5) is 0 Å². The van der Waals surface area contributed by atoms with Crippen LogP contribution in [0.2, 0.25) is 0 Å². The van der Waals surface area contributed by atoms with Crippen molar-refractivity contribution in [1.82, 2.24) is 14.5 Å². The van der Waals surface area contributed by atoms with Gasteiger partial charge in [0.2, 0.25) is 0 Å². The Balaban J connectivity index is 1.55. The van der Waals surface area contributed by atoms with Gasteiger partial charge in [-0.2, -0.15) is 0 Å². The molecule has 5 rings (SSSR count). The zero-order valence-corrected chi connectivity index (χ0v) is 16.7. The molecule has 0 saturated carbocycles. The Morgan fingerprint density at radius 1 is 1.07 bits per heavy atom. The monoisotopic (exact) mass is 388 g/mol. The van der Waals surface area contributed by atoms with Crippen LogP contribution in [-0.4, -0.2) is 27.3 Å². The number of rotatable bonds is 4. The van der Waals surface area contributed by atoms with Gasteiger partial charge in [-0.1, -0.05) is 36.3 Å². The van der Waals surface area contributed by atoms with E-state index in [0.29, 0.717) is 6.54 Å². The predicted molar refractivity (Wildman–Crippen MR) is 124 cm³/mol. The highest BCUT2D eigenvalue weighted by Crippen LogP contribution is 2.28. The fraction of sp³-hybridized carbons (Fsp3) is 0.115. The molecule has 0 amide bonds. The number of hydrogen-bond donors (Lipinski definition) is 0. The number of pyridine rings is 2. The van der Waals surface area contributed by atoms with Crippen LogP contribution in [0.3, 0.4) is 0 Å². The van der Waals surface area contributed by atoms with Crippen LogP contribution < -0.4 is 0 Å². The molecule has 5 aromatic rings. The number of aromatic nitrogens is 3. The van der Waals surface area contributed by atoms with Gasteiger partial charge in [0.15, 0.2) is 0 Å². The number of terminal acetylenes is 1. The third-order valence-corrected chi connectivity index (χ3v) is 5.54. The van der Waals surface area contributed by atoms with Crippen molar-refractivity contribution >= 4 is 38.8 Å². The summed E-state index contributed by atoms with van der Waals surface area (Å²) in [5, 5.41) is 4.62. The lowest BCUT2D eigenvalue weighted by molar-refractivity contribution is 0.955. The van der Waals surface area contributed by atoms with Gasteiger partial charge >= 0.3 is 0 Å². The summed E-state index contributed by atoms with van der Waals surface area (Å²) in [6.45, 7) is 0.393. The zero-order chi connectivity index (χ0) is 20.5. The third-order valence-electron chi connectivity index (χ3n) is 5.54. The van der Waals surface area contributed by atoms with Crippen molar-refractivity contribution in [3.05, 3.63) is 83.9 Å². The Labute approximate surface area is 174 Å². The van der Waals surface area contributed by atoms with Gasteiger partial charge in [0.25, 0.3) is 0 Å². The van der Waals surface area contributed by atoms with Gasteiger partial charge in [-0.05, 0) is 41.1 Å². The first-order valence-electron chi connectivity index (χ1n) is 9.86. The van der Waals surface area contributed by atoms with E-state index >= 15 is 0 Å². The largest absolute Gasteiger partial charge is 0.343 e. The Bertz CT molecular complexity index is 1470. The quantitative estimate of drug-likeness (QED) is 0.249. The predicted octanol–water partition coefficient (Wildman–Crippen LogP) is 4.92. The summed E-state index contributed by atoms with van der Waals surface area (Å²) in [5.74, 6) is 2.54. The summed E-state index contributed by atoms with van der Waals surface area (Å²) in [7, 11) is 2.06. The third kappa shape index (κ3) is 3.11. The van der Waals surface area contributed by atoms with Gasteiger partial charge in [0.05, 0.1) is 17.8 Å². The molecular weight excluding hydrogens is 368 g/mol. The van der Waals surface area contributed by atoms with Crippen LogP contribution in [0.25, 0.3) is 32.6 Å². The van der Waals surface area contributed by atoms with Crippen molar-refractivity contribution in [2.24, 2.45) is 12.0 Å². The van der Waals surface area contributed by atoms with Gasteiger partial charge in [0.1, 0.15) is 0 Å². The Hall–Kier alpha value is -3.97. The molecule has 3 heterocycles. The average Bonchev–Trinajstić information content (AvgIpc) is 3.09. The van der Waals surface area contributed by atoms with Crippen molar-refractivity contribution in [2.45, 2.75) is 6.42 Å². The SMILES string of the molecule is C#CC/N=C/c1cc2ccc(Cc3cncc4c3ccc3cccnc34)cc2n1C. The van der Waals surface area contributed by atoms with Crippen LogP contribution in [0.15, 0.2) is 72.1 Å². The number of fused-ring (bicyclic) bond motifs is 4. The van der Waals surface area contributed by atoms with Crippen LogP contribution in [0, 0.1) is 12.3 Å². The molecule has 0 unspecified atom stereocenters. The van der Waals surface area contributed by atoms with Gasteiger partial charge in [-0.25, -0.2) is 0 Å². The molecule has 0 spiro atoms. The zero-order valence-electron chi connectivity index (χ0n) is 16.7. The summed E-state index contributed by atoms with van der Waals surface area (Å²) in [6, 6.07) is 17.1. The standard InChI is InChI=1S/C26H20N4/c1-3-10-27-16-22-14-20-7-6-18(13-25(20)30(22)2)12-21-15-28-17-24-23(21)9-8-19-5-4-11-29-26(19)24/h1,4-9,11,13-17H,10,12H2,2H3/b27-16+. The molecule has 144 valence electrons. The molecular formula is C26H20N4. The number of nitrogens with zero attached hydrogens (tertiary/aromatic N) is 4. The lowest BCUT2D eigenvalue weighted by Gasteiger charge is -2.09. The number of benzene rings is 2. The molecule has 2 aromatic carbocycles. The fourth-order valence-electron chi connectivity index (χ4n) is 4.03. The average molecular weight is 388 g/mol. The van der Waals surface area contributed by atoms with E-state index < -0.39 is 0 Å². The van der Waals surface area contributed by atoms with Gasteiger partial charge in [-0.3, -0.25) is 15.0 Å². The smallest absolute Gasteiger partial charge is 0.0995 e. The molecule has 0 bridgehead atoms. The molecule has 0 aliphatic rings. The summed E-state index contributed by atoms with van der Waals surface area (Å²) in [5.41, 5.74) is 5.66. The second-order valence-electron chi connectivity index (χ2n) is 7.41. The molecule has 3 aromatic heterocycles. The summed E-state index contributed by atoms with van der Waals surface area (Å²) < 4.78 is 2.15. The highest BCUT2D eigenvalue weighted by Gasteiger charge is 2.09. The molecule has 0 fully saturated rings. The van der Waals surface area contributed by atoms with Gasteiger partial charge < -0.3 is 4.57 Å². The second kappa shape index (κ2) is 7.46. The number of aliphatic imine (C=N–C) groups is 1. The summed E-state index contributed by atoms with van der Waals surface area (Å²) in [6.07, 6.45) is 13.7. The van der Waals surface area contributed by atoms with E-state index in [4.69, 9.17) is 6.42 Å². The first-order chi connectivity index (χ1) is 14.7. The lowest BCUT2D eigenvalue weighted by Crippen LogP contribution is -1.96. The van der Waals surface area contributed by atoms with E-state index in [1.165, 1.54) is 27.4 Å². The van der Waals surface area contributed by atoms with Crippen molar-refractivity contribution in [3.63, 3.8) is 0 Å². The lowest BCUT2D eigenvalue weighted by atomic mass is 9.99. The van der Waals surface area contributed by atoms with Gasteiger partial charge in [-0.15, -0.1) is 6.42 Å². The minimum atomic E-state index is 0.393. The maximum absolute atomic E-state index is 5.29. The van der Waals surface area contributed by atoms with Crippen molar-refractivity contribution in [3.8, 4) is 12.3 Å². The summed E-state index contributed by atoms with van der Waals surface area (Å²) >= 11 is 0.